The zero-order chi connectivity index (χ0) is 15.8. The Morgan fingerprint density at radius 2 is 2.17 bits per heavy atom. The lowest BCUT2D eigenvalue weighted by atomic mass is 10.1. The van der Waals surface area contributed by atoms with Gasteiger partial charge in [0.25, 0.3) is 5.56 Å². The standard InChI is InChI=1S/C16H15N5O2/c22-15(20-6-5-13-14(8-20)18-10-17-13)9-21-16(23)12-4-2-1-3-11(12)7-19-21/h1-4,7,10H,5-6,8-9H2,(H,17,18). The maximum Gasteiger partial charge on any atom is 0.275 e. The molecule has 7 heteroatoms. The second-order valence-corrected chi connectivity index (χ2v) is 5.59. The van der Waals surface area contributed by atoms with Gasteiger partial charge in [-0.2, -0.15) is 5.10 Å². The van der Waals surface area contributed by atoms with Gasteiger partial charge in [0.15, 0.2) is 0 Å². The van der Waals surface area contributed by atoms with Crippen LogP contribution in [0.3, 0.4) is 0 Å². The molecule has 1 N–H and O–H groups in total. The Labute approximate surface area is 131 Å². The van der Waals surface area contributed by atoms with E-state index in [-0.39, 0.29) is 18.0 Å². The number of H-pyrrole nitrogens is 1. The van der Waals surface area contributed by atoms with E-state index < -0.39 is 0 Å². The van der Waals surface area contributed by atoms with Gasteiger partial charge in [-0.25, -0.2) is 9.67 Å². The predicted octanol–water partition coefficient (Wildman–Crippen LogP) is 0.704. The van der Waals surface area contributed by atoms with Gasteiger partial charge in [-0.1, -0.05) is 18.2 Å². The van der Waals surface area contributed by atoms with E-state index in [4.69, 9.17) is 0 Å². The van der Waals surface area contributed by atoms with Crippen molar-refractivity contribution in [3.63, 3.8) is 0 Å². The molecule has 1 aliphatic heterocycles. The van der Waals surface area contributed by atoms with Crippen molar-refractivity contribution < 1.29 is 4.79 Å². The molecule has 3 heterocycles. The first-order valence-corrected chi connectivity index (χ1v) is 7.46. The predicted molar refractivity (Wildman–Crippen MR) is 83.7 cm³/mol. The topological polar surface area (TPSA) is 83.9 Å². The summed E-state index contributed by atoms with van der Waals surface area (Å²) in [5, 5.41) is 5.46. The Balaban J connectivity index is 1.58. The molecule has 0 aliphatic carbocycles. The third-order valence-corrected chi connectivity index (χ3v) is 4.17. The number of fused-ring (bicyclic) bond motifs is 2. The van der Waals surface area contributed by atoms with Crippen LogP contribution in [0.2, 0.25) is 0 Å². The molecule has 0 unspecified atom stereocenters. The van der Waals surface area contributed by atoms with E-state index >= 15 is 0 Å². The highest BCUT2D eigenvalue weighted by atomic mass is 16.2. The molecule has 0 radical (unpaired) electrons. The molecule has 116 valence electrons. The van der Waals surface area contributed by atoms with Crippen molar-refractivity contribution in [1.29, 1.82) is 0 Å². The number of imidazole rings is 1. The fourth-order valence-electron chi connectivity index (χ4n) is 2.89. The van der Waals surface area contributed by atoms with E-state index in [9.17, 15) is 9.59 Å². The van der Waals surface area contributed by atoms with Crippen LogP contribution < -0.4 is 5.56 Å². The van der Waals surface area contributed by atoms with Crippen LogP contribution in [0.1, 0.15) is 11.4 Å². The Bertz CT molecular complexity index is 943. The van der Waals surface area contributed by atoms with E-state index in [1.54, 1.807) is 29.6 Å². The number of aromatic nitrogens is 4. The van der Waals surface area contributed by atoms with Gasteiger partial charge in [-0.15, -0.1) is 0 Å². The lowest BCUT2D eigenvalue weighted by Crippen LogP contribution is -2.40. The van der Waals surface area contributed by atoms with Crippen LogP contribution in [-0.4, -0.2) is 37.1 Å². The van der Waals surface area contributed by atoms with E-state index in [1.165, 1.54) is 4.68 Å². The Kier molecular flexibility index (Phi) is 3.18. The highest BCUT2D eigenvalue weighted by Crippen LogP contribution is 2.15. The average Bonchev–Trinajstić information content (AvgIpc) is 3.05. The first kappa shape index (κ1) is 13.7. The molecule has 3 aromatic rings. The van der Waals surface area contributed by atoms with Crippen LogP contribution in [0, 0.1) is 0 Å². The smallest absolute Gasteiger partial charge is 0.275 e. The molecule has 1 amide bonds. The normalized spacial score (nSPS) is 14.0. The van der Waals surface area contributed by atoms with Gasteiger partial charge in [0.2, 0.25) is 5.91 Å². The second-order valence-electron chi connectivity index (χ2n) is 5.59. The Morgan fingerprint density at radius 3 is 3.09 bits per heavy atom. The van der Waals surface area contributed by atoms with Gasteiger partial charge in [-0.05, 0) is 6.07 Å². The first-order valence-electron chi connectivity index (χ1n) is 7.46. The number of hydrogen-bond donors (Lipinski definition) is 1. The van der Waals surface area contributed by atoms with Crippen molar-refractivity contribution in [3.8, 4) is 0 Å². The summed E-state index contributed by atoms with van der Waals surface area (Å²) in [6.07, 6.45) is 3.99. The summed E-state index contributed by atoms with van der Waals surface area (Å²) < 4.78 is 1.23. The molecular weight excluding hydrogens is 294 g/mol. The van der Waals surface area contributed by atoms with Crippen LogP contribution in [0.5, 0.6) is 0 Å². The van der Waals surface area contributed by atoms with E-state index in [0.717, 1.165) is 23.2 Å². The van der Waals surface area contributed by atoms with Gasteiger partial charge < -0.3 is 9.88 Å². The maximum atomic E-state index is 12.5. The highest BCUT2D eigenvalue weighted by molar-refractivity contribution is 5.81. The molecule has 7 nitrogen and oxygen atoms in total. The second kappa shape index (κ2) is 5.35. The Hall–Kier alpha value is -2.96. The molecule has 0 saturated heterocycles. The number of carbonyl (C=O) groups is 1. The molecule has 0 atom stereocenters. The zero-order valence-electron chi connectivity index (χ0n) is 12.4. The molecule has 0 bridgehead atoms. The lowest BCUT2D eigenvalue weighted by Gasteiger charge is -2.26. The number of rotatable bonds is 2. The number of amides is 1. The van der Waals surface area contributed by atoms with Crippen molar-refractivity contribution in [2.45, 2.75) is 19.5 Å². The summed E-state index contributed by atoms with van der Waals surface area (Å²) in [6.45, 7) is 1.06. The summed E-state index contributed by atoms with van der Waals surface area (Å²) in [5.41, 5.74) is 1.73. The van der Waals surface area contributed by atoms with Gasteiger partial charge in [0.1, 0.15) is 6.54 Å². The first-order chi connectivity index (χ1) is 11.2. The van der Waals surface area contributed by atoms with Gasteiger partial charge in [-0.3, -0.25) is 9.59 Å². The van der Waals surface area contributed by atoms with Crippen LogP contribution in [-0.2, 0) is 24.3 Å². The molecule has 0 saturated carbocycles. The quantitative estimate of drug-likeness (QED) is 0.755. The summed E-state index contributed by atoms with van der Waals surface area (Å²) in [5.74, 6) is -0.116. The van der Waals surface area contributed by atoms with E-state index in [1.807, 2.05) is 12.1 Å². The highest BCUT2D eigenvalue weighted by Gasteiger charge is 2.23. The third kappa shape index (κ3) is 2.40. The number of benzene rings is 1. The maximum absolute atomic E-state index is 12.5. The van der Waals surface area contributed by atoms with Gasteiger partial charge >= 0.3 is 0 Å². The number of hydrogen-bond acceptors (Lipinski definition) is 4. The minimum absolute atomic E-state index is 0.0485. The number of nitrogens with one attached hydrogen (secondary N) is 1. The van der Waals surface area contributed by atoms with Crippen molar-refractivity contribution >= 4 is 16.7 Å². The van der Waals surface area contributed by atoms with Crippen LogP contribution >= 0.6 is 0 Å². The monoisotopic (exact) mass is 309 g/mol. The minimum Gasteiger partial charge on any atom is -0.347 e. The van der Waals surface area contributed by atoms with Gasteiger partial charge in [0, 0.05) is 18.4 Å². The molecule has 1 aliphatic rings. The fraction of sp³-hybridized carbons (Fsp3) is 0.250. The summed E-state index contributed by atoms with van der Waals surface area (Å²) in [7, 11) is 0. The minimum atomic E-state index is -0.240. The third-order valence-electron chi connectivity index (χ3n) is 4.17. The molecule has 0 fully saturated rings. The van der Waals surface area contributed by atoms with E-state index in [2.05, 4.69) is 15.1 Å². The number of nitrogens with zero attached hydrogens (tertiary/aromatic N) is 4. The SMILES string of the molecule is O=C(Cn1ncc2ccccc2c1=O)N1CCc2nc[nH]c2C1. The van der Waals surface area contributed by atoms with Crippen LogP contribution in [0.15, 0.2) is 41.6 Å². The molecule has 23 heavy (non-hydrogen) atoms. The number of aromatic amines is 1. The van der Waals surface area contributed by atoms with E-state index in [0.29, 0.717) is 18.5 Å². The molecule has 1 aromatic carbocycles. The Morgan fingerprint density at radius 1 is 1.30 bits per heavy atom. The molecule has 2 aromatic heterocycles. The van der Waals surface area contributed by atoms with Crippen molar-refractivity contribution in [1.82, 2.24) is 24.6 Å². The largest absolute Gasteiger partial charge is 0.347 e. The lowest BCUT2D eigenvalue weighted by molar-refractivity contribution is -0.133. The summed E-state index contributed by atoms with van der Waals surface area (Å²) in [4.78, 5) is 33.9. The molecule has 0 spiro atoms. The molecular formula is C16H15N5O2. The molecule has 4 rings (SSSR count). The average molecular weight is 309 g/mol. The zero-order valence-corrected chi connectivity index (χ0v) is 12.4. The fourth-order valence-corrected chi connectivity index (χ4v) is 2.89. The number of carbonyl (C=O) groups excluding carboxylic acids is 1. The van der Waals surface area contributed by atoms with Crippen molar-refractivity contribution in [3.05, 3.63) is 58.5 Å². The van der Waals surface area contributed by atoms with Crippen LogP contribution in [0.25, 0.3) is 10.8 Å². The summed E-state index contributed by atoms with van der Waals surface area (Å²) >= 11 is 0. The van der Waals surface area contributed by atoms with Crippen molar-refractivity contribution in [2.24, 2.45) is 0 Å². The van der Waals surface area contributed by atoms with Crippen LogP contribution in [0.4, 0.5) is 0 Å². The van der Waals surface area contributed by atoms with Gasteiger partial charge in [0.05, 0.1) is 35.8 Å². The summed E-state index contributed by atoms with van der Waals surface area (Å²) in [6, 6.07) is 7.24. The van der Waals surface area contributed by atoms with Crippen molar-refractivity contribution in [2.75, 3.05) is 6.54 Å².